The first-order valence-corrected chi connectivity index (χ1v) is 8.93. The Morgan fingerprint density at radius 1 is 1.53 bits per heavy atom. The minimum Gasteiger partial charge on any atom is -0.381 e. The number of thioether (sulfide) groups is 1. The number of rotatable bonds is 5. The Bertz CT molecular complexity index is 528. The number of nitrogens with zero attached hydrogens (tertiary/aromatic N) is 2. The van der Waals surface area contributed by atoms with Gasteiger partial charge >= 0.3 is 0 Å². The summed E-state index contributed by atoms with van der Waals surface area (Å²) in [4.78, 5) is 3.82. The van der Waals surface area contributed by atoms with E-state index in [-0.39, 0.29) is 15.6 Å². The quantitative estimate of drug-likeness (QED) is 0.845. The second kappa shape index (κ2) is 5.34. The van der Waals surface area contributed by atoms with Crippen LogP contribution in [0.15, 0.2) is 11.4 Å². The molecule has 0 saturated heterocycles. The van der Waals surface area contributed by atoms with Crippen LogP contribution in [-0.2, 0) is 17.1 Å². The summed E-state index contributed by atoms with van der Waals surface area (Å²) in [6, 6.07) is 0. The SMILES string of the molecule is CSC1(CNS(=O)(=O)c2c(N)ncn2C)CCCC1. The molecule has 0 amide bonds. The van der Waals surface area contributed by atoms with E-state index in [0.717, 1.165) is 25.7 Å². The third-order valence-corrected chi connectivity index (χ3v) is 6.65. The first-order chi connectivity index (χ1) is 8.90. The van der Waals surface area contributed by atoms with Gasteiger partial charge in [0.15, 0.2) is 10.8 Å². The van der Waals surface area contributed by atoms with Crippen molar-refractivity contribution in [3.8, 4) is 0 Å². The normalized spacial score (nSPS) is 18.8. The average molecular weight is 304 g/mol. The molecule has 1 heterocycles. The van der Waals surface area contributed by atoms with Crippen LogP contribution in [0, 0.1) is 0 Å². The van der Waals surface area contributed by atoms with E-state index >= 15 is 0 Å². The van der Waals surface area contributed by atoms with Gasteiger partial charge in [0.05, 0.1) is 6.33 Å². The van der Waals surface area contributed by atoms with E-state index in [1.54, 1.807) is 18.8 Å². The van der Waals surface area contributed by atoms with Crippen LogP contribution in [0.25, 0.3) is 0 Å². The predicted molar refractivity (Wildman–Crippen MR) is 77.5 cm³/mol. The van der Waals surface area contributed by atoms with Gasteiger partial charge < -0.3 is 10.3 Å². The van der Waals surface area contributed by atoms with Crippen LogP contribution in [0.1, 0.15) is 25.7 Å². The molecule has 0 spiro atoms. The molecule has 0 bridgehead atoms. The van der Waals surface area contributed by atoms with Crippen LogP contribution < -0.4 is 10.5 Å². The molecular formula is C11H20N4O2S2. The molecule has 8 heteroatoms. The van der Waals surface area contributed by atoms with Gasteiger partial charge in [0.25, 0.3) is 10.0 Å². The molecule has 2 rings (SSSR count). The lowest BCUT2D eigenvalue weighted by Gasteiger charge is -2.26. The lowest BCUT2D eigenvalue weighted by Crippen LogP contribution is -2.39. The highest BCUT2D eigenvalue weighted by Gasteiger charge is 2.35. The van der Waals surface area contributed by atoms with E-state index in [1.165, 1.54) is 10.9 Å². The molecule has 6 nitrogen and oxygen atoms in total. The number of nitrogens with two attached hydrogens (primary N) is 1. The number of hydrogen-bond donors (Lipinski definition) is 2. The van der Waals surface area contributed by atoms with Crippen molar-refractivity contribution in [2.45, 2.75) is 35.5 Å². The summed E-state index contributed by atoms with van der Waals surface area (Å²) in [7, 11) is -1.98. The van der Waals surface area contributed by atoms with Crippen molar-refractivity contribution in [2.75, 3.05) is 18.5 Å². The van der Waals surface area contributed by atoms with Crippen LogP contribution in [0.2, 0.25) is 0 Å². The van der Waals surface area contributed by atoms with E-state index in [4.69, 9.17) is 5.73 Å². The molecule has 0 radical (unpaired) electrons. The minimum absolute atomic E-state index is 0.0282. The maximum absolute atomic E-state index is 12.3. The second-order valence-electron chi connectivity index (χ2n) is 4.96. The number of aromatic nitrogens is 2. The summed E-state index contributed by atoms with van der Waals surface area (Å²) in [5.74, 6) is 0.0413. The molecule has 1 aliphatic carbocycles. The van der Waals surface area contributed by atoms with E-state index in [9.17, 15) is 8.42 Å². The maximum Gasteiger partial charge on any atom is 0.260 e. The molecule has 1 fully saturated rings. The van der Waals surface area contributed by atoms with Gasteiger partial charge in [-0.25, -0.2) is 18.1 Å². The first-order valence-electron chi connectivity index (χ1n) is 6.22. The summed E-state index contributed by atoms with van der Waals surface area (Å²) in [6.07, 6.45) is 7.88. The molecule has 0 atom stereocenters. The highest BCUT2D eigenvalue weighted by molar-refractivity contribution is 8.00. The number of anilines is 1. The van der Waals surface area contributed by atoms with E-state index < -0.39 is 10.0 Å². The Labute approximate surface area is 118 Å². The highest BCUT2D eigenvalue weighted by Crippen LogP contribution is 2.39. The van der Waals surface area contributed by atoms with Crippen LogP contribution in [0.3, 0.4) is 0 Å². The third kappa shape index (κ3) is 2.90. The molecule has 19 heavy (non-hydrogen) atoms. The largest absolute Gasteiger partial charge is 0.381 e. The van der Waals surface area contributed by atoms with E-state index in [2.05, 4.69) is 9.71 Å². The first kappa shape index (κ1) is 14.7. The fourth-order valence-electron chi connectivity index (χ4n) is 2.53. The zero-order valence-corrected chi connectivity index (χ0v) is 12.9. The molecule has 1 aliphatic rings. The zero-order chi connectivity index (χ0) is 14.1. The summed E-state index contributed by atoms with van der Waals surface area (Å²) in [5, 5.41) is 0.0433. The van der Waals surface area contributed by atoms with Crippen LogP contribution in [0.5, 0.6) is 0 Å². The van der Waals surface area contributed by atoms with Crippen molar-refractivity contribution in [3.05, 3.63) is 6.33 Å². The molecule has 108 valence electrons. The average Bonchev–Trinajstić information content (AvgIpc) is 2.95. The Morgan fingerprint density at radius 3 is 2.63 bits per heavy atom. The lowest BCUT2D eigenvalue weighted by atomic mass is 10.1. The fourth-order valence-corrected chi connectivity index (χ4v) is 4.89. The number of imidazole rings is 1. The van der Waals surface area contributed by atoms with Gasteiger partial charge in [-0.1, -0.05) is 12.8 Å². The monoisotopic (exact) mass is 304 g/mol. The van der Waals surface area contributed by atoms with Crippen LogP contribution in [-0.4, -0.2) is 35.5 Å². The van der Waals surface area contributed by atoms with Crippen molar-refractivity contribution in [3.63, 3.8) is 0 Å². The Kier molecular flexibility index (Phi) is 4.12. The fraction of sp³-hybridized carbons (Fsp3) is 0.727. The minimum atomic E-state index is -3.60. The predicted octanol–water partition coefficient (Wildman–Crippen LogP) is 0.956. The number of hydrogen-bond acceptors (Lipinski definition) is 5. The third-order valence-electron chi connectivity index (χ3n) is 3.70. The summed E-state index contributed by atoms with van der Waals surface area (Å²) in [5.41, 5.74) is 5.62. The second-order valence-corrected chi connectivity index (χ2v) is 7.92. The summed E-state index contributed by atoms with van der Waals surface area (Å²) >= 11 is 1.75. The number of nitrogen functional groups attached to an aromatic ring is 1. The molecule has 1 aromatic heterocycles. The van der Waals surface area contributed by atoms with Crippen molar-refractivity contribution in [1.29, 1.82) is 0 Å². The summed E-state index contributed by atoms with van der Waals surface area (Å²) < 4.78 is 28.7. The molecule has 0 unspecified atom stereocenters. The van der Waals surface area contributed by atoms with Crippen molar-refractivity contribution >= 4 is 27.6 Å². The van der Waals surface area contributed by atoms with Gasteiger partial charge in [0.2, 0.25) is 0 Å². The number of nitrogens with one attached hydrogen (secondary N) is 1. The Balaban J connectivity index is 2.14. The zero-order valence-electron chi connectivity index (χ0n) is 11.2. The van der Waals surface area contributed by atoms with Gasteiger partial charge in [0.1, 0.15) is 0 Å². The number of aryl methyl sites for hydroxylation is 1. The van der Waals surface area contributed by atoms with Gasteiger partial charge in [-0.2, -0.15) is 11.8 Å². The maximum atomic E-state index is 12.3. The van der Waals surface area contributed by atoms with Crippen LogP contribution >= 0.6 is 11.8 Å². The molecule has 1 aromatic rings. The molecule has 0 aliphatic heterocycles. The van der Waals surface area contributed by atoms with Gasteiger partial charge in [-0.3, -0.25) is 0 Å². The highest BCUT2D eigenvalue weighted by atomic mass is 32.2. The van der Waals surface area contributed by atoms with Gasteiger partial charge in [-0.05, 0) is 19.1 Å². The standard InChI is InChI=1S/C11H20N4O2S2/c1-15-8-13-9(12)10(15)19(16,17)14-7-11(18-2)5-3-4-6-11/h8,14H,3-7,12H2,1-2H3. The number of sulfonamides is 1. The smallest absolute Gasteiger partial charge is 0.260 e. The Morgan fingerprint density at radius 2 is 2.16 bits per heavy atom. The van der Waals surface area contributed by atoms with E-state index in [1.807, 2.05) is 6.26 Å². The molecular weight excluding hydrogens is 284 g/mol. The van der Waals surface area contributed by atoms with E-state index in [0.29, 0.717) is 6.54 Å². The van der Waals surface area contributed by atoms with Gasteiger partial charge in [0, 0.05) is 18.3 Å². The van der Waals surface area contributed by atoms with Crippen molar-refractivity contribution in [2.24, 2.45) is 7.05 Å². The molecule has 3 N–H and O–H groups in total. The Hall–Kier alpha value is -0.730. The van der Waals surface area contributed by atoms with Crippen molar-refractivity contribution in [1.82, 2.24) is 14.3 Å². The van der Waals surface area contributed by atoms with Crippen LogP contribution in [0.4, 0.5) is 5.82 Å². The molecule has 0 aromatic carbocycles. The van der Waals surface area contributed by atoms with Gasteiger partial charge in [-0.15, -0.1) is 0 Å². The lowest BCUT2D eigenvalue weighted by molar-refractivity contribution is 0.545. The molecule has 1 saturated carbocycles. The van der Waals surface area contributed by atoms with Crippen molar-refractivity contribution < 1.29 is 8.42 Å². The summed E-state index contributed by atoms with van der Waals surface area (Å²) in [6.45, 7) is 0.446. The topological polar surface area (TPSA) is 90.0 Å².